The Morgan fingerprint density at radius 2 is 2.28 bits per heavy atom. The van der Waals surface area contributed by atoms with Gasteiger partial charge in [-0.15, -0.1) is 0 Å². The minimum atomic E-state index is -0.338. The van der Waals surface area contributed by atoms with Crippen LogP contribution in [0.25, 0.3) is 0 Å². The van der Waals surface area contributed by atoms with E-state index >= 15 is 0 Å². The van der Waals surface area contributed by atoms with Crippen LogP contribution in [0.4, 0.5) is 10.5 Å². The summed E-state index contributed by atoms with van der Waals surface area (Å²) in [6.45, 7) is 2.94. The van der Waals surface area contributed by atoms with Gasteiger partial charge in [-0.25, -0.2) is 4.79 Å². The standard InChI is InChI=1S/C13H20N2O3/c1-2-3-9-18-12-6-4-5-11(10-12)15-13(17)14-7-8-16/h4-6,10,16H,2-3,7-9H2,1H3,(H2,14,15,17). The number of nitrogens with one attached hydrogen (secondary N) is 2. The second-order valence-electron chi connectivity index (χ2n) is 3.83. The third-order valence-corrected chi connectivity index (χ3v) is 2.26. The number of aliphatic hydroxyl groups excluding tert-OH is 1. The molecular weight excluding hydrogens is 232 g/mol. The van der Waals surface area contributed by atoms with Crippen molar-refractivity contribution in [1.29, 1.82) is 0 Å². The van der Waals surface area contributed by atoms with Crippen molar-refractivity contribution < 1.29 is 14.6 Å². The summed E-state index contributed by atoms with van der Waals surface area (Å²) in [4.78, 5) is 11.4. The number of amides is 2. The third kappa shape index (κ3) is 5.54. The summed E-state index contributed by atoms with van der Waals surface area (Å²) in [5.74, 6) is 0.739. The average molecular weight is 252 g/mol. The van der Waals surface area contributed by atoms with Gasteiger partial charge >= 0.3 is 6.03 Å². The molecule has 18 heavy (non-hydrogen) atoms. The summed E-state index contributed by atoms with van der Waals surface area (Å²) in [6.07, 6.45) is 2.09. The molecule has 5 nitrogen and oxygen atoms in total. The van der Waals surface area contributed by atoms with Crippen LogP contribution < -0.4 is 15.4 Å². The number of unbranched alkanes of at least 4 members (excludes halogenated alkanes) is 1. The average Bonchev–Trinajstić information content (AvgIpc) is 2.37. The van der Waals surface area contributed by atoms with Gasteiger partial charge in [0.2, 0.25) is 0 Å². The highest BCUT2D eigenvalue weighted by atomic mass is 16.5. The first-order valence-corrected chi connectivity index (χ1v) is 6.15. The van der Waals surface area contributed by atoms with E-state index in [1.54, 1.807) is 12.1 Å². The first-order valence-electron chi connectivity index (χ1n) is 6.15. The molecule has 0 aliphatic carbocycles. The molecule has 0 unspecified atom stereocenters. The van der Waals surface area contributed by atoms with Crippen LogP contribution in [0.2, 0.25) is 0 Å². The molecule has 1 aromatic rings. The number of urea groups is 1. The molecule has 0 saturated heterocycles. The zero-order valence-corrected chi connectivity index (χ0v) is 10.6. The van der Waals surface area contributed by atoms with Gasteiger partial charge in [-0.1, -0.05) is 19.4 Å². The second-order valence-corrected chi connectivity index (χ2v) is 3.83. The lowest BCUT2D eigenvalue weighted by molar-refractivity contribution is 0.245. The van der Waals surface area contributed by atoms with E-state index in [2.05, 4.69) is 17.6 Å². The number of ether oxygens (including phenoxy) is 1. The van der Waals surface area contributed by atoms with E-state index in [-0.39, 0.29) is 19.2 Å². The van der Waals surface area contributed by atoms with Crippen molar-refractivity contribution in [2.45, 2.75) is 19.8 Å². The lowest BCUT2D eigenvalue weighted by Crippen LogP contribution is -2.30. The molecule has 0 fully saturated rings. The van der Waals surface area contributed by atoms with Gasteiger partial charge in [0.05, 0.1) is 13.2 Å². The SMILES string of the molecule is CCCCOc1cccc(NC(=O)NCCO)c1. The zero-order valence-electron chi connectivity index (χ0n) is 10.6. The molecular formula is C13H20N2O3. The smallest absolute Gasteiger partial charge is 0.319 e. The molecule has 2 amide bonds. The van der Waals surface area contributed by atoms with Crippen LogP contribution in [-0.4, -0.2) is 30.9 Å². The summed E-state index contributed by atoms with van der Waals surface area (Å²) in [6, 6.07) is 6.89. The fourth-order valence-electron chi connectivity index (χ4n) is 1.34. The molecule has 0 aliphatic rings. The van der Waals surface area contributed by atoms with E-state index in [9.17, 15) is 4.79 Å². The lowest BCUT2D eigenvalue weighted by atomic mass is 10.3. The van der Waals surface area contributed by atoms with Crippen LogP contribution in [0.15, 0.2) is 24.3 Å². The van der Waals surface area contributed by atoms with E-state index in [1.807, 2.05) is 12.1 Å². The topological polar surface area (TPSA) is 70.6 Å². The lowest BCUT2D eigenvalue weighted by Gasteiger charge is -2.09. The molecule has 100 valence electrons. The van der Waals surface area contributed by atoms with E-state index < -0.39 is 0 Å². The van der Waals surface area contributed by atoms with E-state index in [0.29, 0.717) is 12.3 Å². The normalized spacial score (nSPS) is 9.89. The number of benzene rings is 1. The van der Waals surface area contributed by atoms with Crippen LogP contribution in [0.5, 0.6) is 5.75 Å². The van der Waals surface area contributed by atoms with Crippen LogP contribution in [0.1, 0.15) is 19.8 Å². The van der Waals surface area contributed by atoms with Crippen LogP contribution in [0.3, 0.4) is 0 Å². The number of aliphatic hydroxyl groups is 1. The molecule has 0 heterocycles. The number of carbonyl (C=O) groups excluding carboxylic acids is 1. The van der Waals surface area contributed by atoms with Crippen molar-refractivity contribution in [2.75, 3.05) is 25.1 Å². The predicted octanol–water partition coefficient (Wildman–Crippen LogP) is 1.98. The maximum absolute atomic E-state index is 11.4. The second kappa shape index (κ2) is 8.36. The van der Waals surface area contributed by atoms with Gasteiger partial charge < -0.3 is 20.5 Å². The van der Waals surface area contributed by atoms with Gasteiger partial charge in [-0.05, 0) is 18.6 Å². The van der Waals surface area contributed by atoms with Crippen LogP contribution in [-0.2, 0) is 0 Å². The molecule has 0 spiro atoms. The van der Waals surface area contributed by atoms with E-state index in [1.165, 1.54) is 0 Å². The molecule has 0 aromatic heterocycles. The molecule has 0 bridgehead atoms. The molecule has 0 radical (unpaired) electrons. The van der Waals surface area contributed by atoms with Gasteiger partial charge in [0.15, 0.2) is 0 Å². The number of hydrogen-bond acceptors (Lipinski definition) is 3. The Hall–Kier alpha value is -1.75. The first-order chi connectivity index (χ1) is 8.76. The van der Waals surface area contributed by atoms with Gasteiger partial charge in [0.1, 0.15) is 5.75 Å². The number of carbonyl (C=O) groups is 1. The fraction of sp³-hybridized carbons (Fsp3) is 0.462. The Morgan fingerprint density at radius 3 is 3.00 bits per heavy atom. The highest BCUT2D eigenvalue weighted by Crippen LogP contribution is 2.17. The maximum Gasteiger partial charge on any atom is 0.319 e. The molecule has 5 heteroatoms. The highest BCUT2D eigenvalue weighted by Gasteiger charge is 2.01. The Kier molecular flexibility index (Phi) is 6.64. The Bertz CT molecular complexity index is 369. The van der Waals surface area contributed by atoms with Crippen molar-refractivity contribution in [3.63, 3.8) is 0 Å². The summed E-state index contributed by atoms with van der Waals surface area (Å²) >= 11 is 0. The number of rotatable bonds is 7. The van der Waals surface area contributed by atoms with Crippen molar-refractivity contribution >= 4 is 11.7 Å². The third-order valence-electron chi connectivity index (χ3n) is 2.26. The summed E-state index contributed by atoms with van der Waals surface area (Å²) in [5.41, 5.74) is 0.666. The first kappa shape index (κ1) is 14.3. The fourth-order valence-corrected chi connectivity index (χ4v) is 1.34. The van der Waals surface area contributed by atoms with E-state index in [4.69, 9.17) is 9.84 Å². The van der Waals surface area contributed by atoms with Crippen molar-refractivity contribution in [1.82, 2.24) is 5.32 Å². The predicted molar refractivity (Wildman–Crippen MR) is 71.0 cm³/mol. The van der Waals surface area contributed by atoms with Crippen molar-refractivity contribution in [3.05, 3.63) is 24.3 Å². The molecule has 0 aliphatic heterocycles. The summed E-state index contributed by atoms with van der Waals surface area (Å²) in [5, 5.41) is 13.8. The molecule has 3 N–H and O–H groups in total. The van der Waals surface area contributed by atoms with Crippen molar-refractivity contribution in [2.24, 2.45) is 0 Å². The quantitative estimate of drug-likeness (QED) is 0.650. The van der Waals surface area contributed by atoms with Gasteiger partial charge in [0.25, 0.3) is 0 Å². The maximum atomic E-state index is 11.4. The summed E-state index contributed by atoms with van der Waals surface area (Å²) < 4.78 is 5.54. The van der Waals surface area contributed by atoms with Gasteiger partial charge in [0, 0.05) is 18.3 Å². The van der Waals surface area contributed by atoms with E-state index in [0.717, 1.165) is 18.6 Å². The zero-order chi connectivity index (χ0) is 13.2. The van der Waals surface area contributed by atoms with Crippen molar-refractivity contribution in [3.8, 4) is 5.75 Å². The molecule has 1 rings (SSSR count). The minimum absolute atomic E-state index is 0.0758. The summed E-state index contributed by atoms with van der Waals surface area (Å²) in [7, 11) is 0. The Morgan fingerprint density at radius 1 is 1.44 bits per heavy atom. The molecule has 0 atom stereocenters. The van der Waals surface area contributed by atoms with Crippen LogP contribution in [0, 0.1) is 0 Å². The molecule has 1 aromatic carbocycles. The van der Waals surface area contributed by atoms with Gasteiger partial charge in [-0.2, -0.15) is 0 Å². The Labute approximate surface area is 107 Å². The molecule has 0 saturated carbocycles. The number of anilines is 1. The Balaban J connectivity index is 2.45. The highest BCUT2D eigenvalue weighted by molar-refractivity contribution is 5.89. The van der Waals surface area contributed by atoms with Crippen LogP contribution >= 0.6 is 0 Å². The monoisotopic (exact) mass is 252 g/mol. The van der Waals surface area contributed by atoms with Gasteiger partial charge in [-0.3, -0.25) is 0 Å². The minimum Gasteiger partial charge on any atom is -0.494 e. The number of hydrogen-bond donors (Lipinski definition) is 3. The largest absolute Gasteiger partial charge is 0.494 e.